The molecule has 0 spiro atoms. The van der Waals surface area contributed by atoms with Gasteiger partial charge in [-0.3, -0.25) is 5.41 Å². The van der Waals surface area contributed by atoms with Gasteiger partial charge in [-0.2, -0.15) is 0 Å². The molecule has 0 fully saturated rings. The zero-order chi connectivity index (χ0) is 10.6. The van der Waals surface area contributed by atoms with Gasteiger partial charge < -0.3 is 4.90 Å². The summed E-state index contributed by atoms with van der Waals surface area (Å²) in [7, 11) is 0. The first-order valence-electron chi connectivity index (χ1n) is 5.13. The van der Waals surface area contributed by atoms with Gasteiger partial charge in [-0.15, -0.1) is 0 Å². The smallest absolute Gasteiger partial charge is 0.101 e. The van der Waals surface area contributed by atoms with Gasteiger partial charge in [0.05, 0.1) is 0 Å². The average molecular weight is 184 g/mol. The first-order valence-corrected chi connectivity index (χ1v) is 5.13. The Morgan fingerprint density at radius 3 is 2.00 bits per heavy atom. The lowest BCUT2D eigenvalue weighted by molar-refractivity contribution is 0.341. The van der Waals surface area contributed by atoms with Crippen molar-refractivity contribution in [3.63, 3.8) is 0 Å². The van der Waals surface area contributed by atoms with E-state index in [1.54, 1.807) is 0 Å². The lowest BCUT2D eigenvalue weighted by Gasteiger charge is -2.32. The van der Waals surface area contributed by atoms with E-state index in [2.05, 4.69) is 46.4 Å². The predicted octanol–water partition coefficient (Wildman–Crippen LogP) is 2.99. The van der Waals surface area contributed by atoms with Gasteiger partial charge >= 0.3 is 0 Å². The molecule has 0 unspecified atom stereocenters. The van der Waals surface area contributed by atoms with Crippen molar-refractivity contribution in [1.82, 2.24) is 4.90 Å². The molecule has 0 aromatic rings. The minimum absolute atomic E-state index is 0.0229. The summed E-state index contributed by atoms with van der Waals surface area (Å²) in [4.78, 5) is 2.16. The fraction of sp³-hybridized carbons (Fsp3) is 0.909. The van der Waals surface area contributed by atoms with Gasteiger partial charge in [-0.05, 0) is 12.8 Å². The normalized spacial score (nSPS) is 11.9. The Bertz CT molecular complexity index is 165. The molecule has 0 aliphatic heterocycles. The third-order valence-electron chi connectivity index (χ3n) is 1.99. The molecule has 0 saturated carbocycles. The molecule has 1 N–H and O–H groups in total. The van der Waals surface area contributed by atoms with Gasteiger partial charge in [0.25, 0.3) is 0 Å². The van der Waals surface area contributed by atoms with Crippen molar-refractivity contribution in [3.8, 4) is 0 Å². The van der Waals surface area contributed by atoms with Crippen LogP contribution in [0.4, 0.5) is 0 Å². The molecule has 0 aliphatic rings. The van der Waals surface area contributed by atoms with E-state index in [1.165, 1.54) is 0 Å². The minimum atomic E-state index is -0.0229. The standard InChI is InChI=1S/C11H24N2/c1-7-13(8-9(2)3)10(12)11(4,5)6/h9,12H,7-8H2,1-6H3. The van der Waals surface area contributed by atoms with Gasteiger partial charge in [0.15, 0.2) is 0 Å². The molecule has 0 bridgehead atoms. The maximum absolute atomic E-state index is 8.02. The quantitative estimate of drug-likeness (QED) is 0.530. The molecule has 0 rings (SSSR count). The van der Waals surface area contributed by atoms with Crippen LogP contribution in [0.3, 0.4) is 0 Å². The van der Waals surface area contributed by atoms with Crippen molar-refractivity contribution < 1.29 is 0 Å². The lowest BCUT2D eigenvalue weighted by atomic mass is 9.93. The predicted molar refractivity (Wildman–Crippen MR) is 59.3 cm³/mol. The largest absolute Gasteiger partial charge is 0.360 e. The van der Waals surface area contributed by atoms with Crippen molar-refractivity contribution in [3.05, 3.63) is 0 Å². The SMILES string of the molecule is CCN(CC(C)C)C(=N)C(C)(C)C. The van der Waals surface area contributed by atoms with Gasteiger partial charge in [-0.25, -0.2) is 0 Å². The van der Waals surface area contributed by atoms with Crippen LogP contribution in [0.15, 0.2) is 0 Å². The number of nitrogens with zero attached hydrogens (tertiary/aromatic N) is 1. The summed E-state index contributed by atoms with van der Waals surface area (Å²) in [5.41, 5.74) is -0.0229. The Kier molecular flexibility index (Phi) is 4.45. The molecule has 0 saturated heterocycles. The fourth-order valence-electron chi connectivity index (χ4n) is 1.29. The Morgan fingerprint density at radius 1 is 1.31 bits per heavy atom. The van der Waals surface area contributed by atoms with Gasteiger partial charge in [-0.1, -0.05) is 34.6 Å². The molecule has 2 nitrogen and oxygen atoms in total. The summed E-state index contributed by atoms with van der Waals surface area (Å²) >= 11 is 0. The number of nitrogens with one attached hydrogen (secondary N) is 1. The summed E-state index contributed by atoms with van der Waals surface area (Å²) < 4.78 is 0. The minimum Gasteiger partial charge on any atom is -0.360 e. The van der Waals surface area contributed by atoms with Crippen LogP contribution in [0.1, 0.15) is 41.5 Å². The van der Waals surface area contributed by atoms with Crippen LogP contribution in [0.25, 0.3) is 0 Å². The van der Waals surface area contributed by atoms with Crippen LogP contribution in [-0.2, 0) is 0 Å². The molecule has 0 aromatic carbocycles. The fourth-order valence-corrected chi connectivity index (χ4v) is 1.29. The van der Waals surface area contributed by atoms with E-state index < -0.39 is 0 Å². The topological polar surface area (TPSA) is 27.1 Å². The Labute approximate surface area is 82.8 Å². The van der Waals surface area contributed by atoms with Crippen LogP contribution in [0.5, 0.6) is 0 Å². The maximum Gasteiger partial charge on any atom is 0.101 e. The number of rotatable bonds is 3. The first kappa shape index (κ1) is 12.5. The van der Waals surface area contributed by atoms with E-state index in [0.29, 0.717) is 5.92 Å². The summed E-state index contributed by atoms with van der Waals surface area (Å²) in [6, 6.07) is 0. The highest BCUT2D eigenvalue weighted by molar-refractivity contribution is 5.84. The second-order valence-electron chi connectivity index (χ2n) is 5.03. The number of amidine groups is 1. The Morgan fingerprint density at radius 2 is 1.77 bits per heavy atom. The molecule has 2 heteroatoms. The van der Waals surface area contributed by atoms with Gasteiger partial charge in [0, 0.05) is 18.5 Å². The molecule has 0 amide bonds. The maximum atomic E-state index is 8.02. The second-order valence-corrected chi connectivity index (χ2v) is 5.03. The van der Waals surface area contributed by atoms with Crippen LogP contribution in [0, 0.1) is 16.7 Å². The summed E-state index contributed by atoms with van der Waals surface area (Å²) in [6.07, 6.45) is 0. The van der Waals surface area contributed by atoms with Crippen LogP contribution >= 0.6 is 0 Å². The zero-order valence-electron chi connectivity index (χ0n) is 9.94. The lowest BCUT2D eigenvalue weighted by Crippen LogP contribution is -2.40. The van der Waals surface area contributed by atoms with Crippen LogP contribution < -0.4 is 0 Å². The Hall–Kier alpha value is -0.530. The zero-order valence-corrected chi connectivity index (χ0v) is 9.94. The highest BCUT2D eigenvalue weighted by Gasteiger charge is 2.22. The van der Waals surface area contributed by atoms with E-state index in [-0.39, 0.29) is 5.41 Å². The average Bonchev–Trinajstić information content (AvgIpc) is 1.96. The van der Waals surface area contributed by atoms with Gasteiger partial charge in [0.1, 0.15) is 5.84 Å². The summed E-state index contributed by atoms with van der Waals surface area (Å²) in [5, 5.41) is 8.02. The van der Waals surface area contributed by atoms with E-state index in [4.69, 9.17) is 5.41 Å². The van der Waals surface area contributed by atoms with E-state index in [9.17, 15) is 0 Å². The molecule has 0 aliphatic carbocycles. The van der Waals surface area contributed by atoms with Crippen LogP contribution in [0.2, 0.25) is 0 Å². The summed E-state index contributed by atoms with van der Waals surface area (Å²) in [6.45, 7) is 14.7. The van der Waals surface area contributed by atoms with Crippen molar-refractivity contribution in [2.24, 2.45) is 11.3 Å². The number of hydrogen-bond donors (Lipinski definition) is 1. The van der Waals surface area contributed by atoms with Crippen molar-refractivity contribution in [2.75, 3.05) is 13.1 Å². The Balaban J connectivity index is 4.33. The molecular formula is C11H24N2. The summed E-state index contributed by atoms with van der Waals surface area (Å²) in [5.74, 6) is 1.38. The molecule has 0 atom stereocenters. The molecule has 78 valence electrons. The monoisotopic (exact) mass is 184 g/mol. The van der Waals surface area contributed by atoms with E-state index in [1.807, 2.05) is 0 Å². The highest BCUT2D eigenvalue weighted by atomic mass is 15.2. The number of hydrogen-bond acceptors (Lipinski definition) is 1. The molecule has 0 heterocycles. The molecule has 13 heavy (non-hydrogen) atoms. The van der Waals surface area contributed by atoms with Gasteiger partial charge in [0.2, 0.25) is 0 Å². The molecule has 0 aromatic heterocycles. The van der Waals surface area contributed by atoms with E-state index >= 15 is 0 Å². The third-order valence-corrected chi connectivity index (χ3v) is 1.99. The third kappa shape index (κ3) is 4.30. The first-order chi connectivity index (χ1) is 5.79. The van der Waals surface area contributed by atoms with Crippen molar-refractivity contribution >= 4 is 5.84 Å². The molecular weight excluding hydrogens is 160 g/mol. The van der Waals surface area contributed by atoms with Crippen LogP contribution in [-0.4, -0.2) is 23.8 Å². The van der Waals surface area contributed by atoms with E-state index in [0.717, 1.165) is 18.9 Å². The second kappa shape index (κ2) is 4.64. The molecule has 0 radical (unpaired) electrons. The van der Waals surface area contributed by atoms with Crippen molar-refractivity contribution in [1.29, 1.82) is 5.41 Å². The van der Waals surface area contributed by atoms with Crippen molar-refractivity contribution in [2.45, 2.75) is 41.5 Å². The highest BCUT2D eigenvalue weighted by Crippen LogP contribution is 2.18.